The van der Waals surface area contributed by atoms with Gasteiger partial charge in [-0.15, -0.1) is 0 Å². The highest BCUT2D eigenvalue weighted by atomic mass is 32.2. The maximum Gasteiger partial charge on any atom is 0.294 e. The van der Waals surface area contributed by atoms with Crippen LogP contribution in [0.1, 0.15) is 44.6 Å². The van der Waals surface area contributed by atoms with Crippen LogP contribution in [0.4, 0.5) is 0 Å². The summed E-state index contributed by atoms with van der Waals surface area (Å²) in [7, 11) is -4.02. The van der Waals surface area contributed by atoms with Gasteiger partial charge in [0.1, 0.15) is 0 Å². The van der Waals surface area contributed by atoms with Gasteiger partial charge in [-0.25, -0.2) is 0 Å². The van der Waals surface area contributed by atoms with Gasteiger partial charge in [-0.1, -0.05) is 43.9 Å². The molecular formula is C14H23NO4S. The van der Waals surface area contributed by atoms with Crippen LogP contribution in [0.5, 0.6) is 0 Å². The molecule has 20 heavy (non-hydrogen) atoms. The molecule has 6 heteroatoms. The average molecular weight is 301 g/mol. The van der Waals surface area contributed by atoms with E-state index in [0.717, 1.165) is 18.4 Å². The number of primary amides is 1. The van der Waals surface area contributed by atoms with Gasteiger partial charge in [0.15, 0.2) is 0 Å². The third-order valence-electron chi connectivity index (χ3n) is 2.60. The Hall–Kier alpha value is -1.40. The lowest BCUT2D eigenvalue weighted by atomic mass is 10.1. The van der Waals surface area contributed by atoms with Crippen molar-refractivity contribution < 1.29 is 17.8 Å². The van der Waals surface area contributed by atoms with Gasteiger partial charge in [-0.2, -0.15) is 8.42 Å². The molecule has 0 atom stereocenters. The number of hydrogen-bond donors (Lipinski definition) is 2. The van der Waals surface area contributed by atoms with Crippen molar-refractivity contribution in [2.45, 2.75) is 50.8 Å². The van der Waals surface area contributed by atoms with Gasteiger partial charge in [0.05, 0.1) is 4.90 Å². The summed E-state index contributed by atoms with van der Waals surface area (Å²) >= 11 is 0. The van der Waals surface area contributed by atoms with Crippen molar-refractivity contribution >= 4 is 16.0 Å². The molecule has 114 valence electrons. The second-order valence-electron chi connectivity index (χ2n) is 4.57. The lowest BCUT2D eigenvalue weighted by Gasteiger charge is -1.95. The maximum absolute atomic E-state index is 10.5. The van der Waals surface area contributed by atoms with Crippen LogP contribution in [0.2, 0.25) is 0 Å². The summed E-state index contributed by atoms with van der Waals surface area (Å²) in [4.78, 5) is 10.1. The quantitative estimate of drug-likeness (QED) is 0.623. The first-order valence-corrected chi connectivity index (χ1v) is 8.03. The van der Waals surface area contributed by atoms with E-state index in [1.165, 1.54) is 25.0 Å². The minimum absolute atomic E-state index is 0.0666. The van der Waals surface area contributed by atoms with Crippen molar-refractivity contribution in [3.8, 4) is 0 Å². The molecule has 1 aromatic carbocycles. The SMILES string of the molecule is CCCCCCC(N)=O.Cc1ccc(S(=O)(=O)O)cc1. The van der Waals surface area contributed by atoms with Crippen LogP contribution >= 0.6 is 0 Å². The molecule has 0 aliphatic heterocycles. The summed E-state index contributed by atoms with van der Waals surface area (Å²) in [6.07, 6.45) is 5.08. The van der Waals surface area contributed by atoms with E-state index in [4.69, 9.17) is 10.3 Å². The Labute approximate surface area is 120 Å². The number of amides is 1. The van der Waals surface area contributed by atoms with Crippen LogP contribution in [-0.4, -0.2) is 18.9 Å². The highest BCUT2D eigenvalue weighted by Crippen LogP contribution is 2.08. The minimum Gasteiger partial charge on any atom is -0.370 e. The van der Waals surface area contributed by atoms with Gasteiger partial charge in [-0.05, 0) is 25.5 Å². The normalized spacial score (nSPS) is 10.6. The van der Waals surface area contributed by atoms with Gasteiger partial charge in [0.25, 0.3) is 10.1 Å². The van der Waals surface area contributed by atoms with Gasteiger partial charge in [0, 0.05) is 6.42 Å². The van der Waals surface area contributed by atoms with Gasteiger partial charge in [-0.3, -0.25) is 9.35 Å². The molecule has 3 N–H and O–H groups in total. The summed E-state index contributed by atoms with van der Waals surface area (Å²) in [5, 5.41) is 0. The number of carbonyl (C=O) groups is 1. The lowest BCUT2D eigenvalue weighted by Crippen LogP contribution is -2.09. The predicted molar refractivity (Wildman–Crippen MR) is 78.9 cm³/mol. The molecule has 0 spiro atoms. The number of carbonyl (C=O) groups excluding carboxylic acids is 1. The Balaban J connectivity index is 0.000000370. The van der Waals surface area contributed by atoms with Crippen LogP contribution in [0.15, 0.2) is 29.2 Å². The van der Waals surface area contributed by atoms with E-state index in [1.807, 2.05) is 6.92 Å². The largest absolute Gasteiger partial charge is 0.370 e. The summed E-state index contributed by atoms with van der Waals surface area (Å²) < 4.78 is 29.6. The zero-order valence-electron chi connectivity index (χ0n) is 12.0. The fourth-order valence-electron chi connectivity index (χ4n) is 1.44. The molecule has 0 radical (unpaired) electrons. The average Bonchev–Trinajstić information content (AvgIpc) is 2.35. The number of nitrogens with two attached hydrogens (primary N) is 1. The van der Waals surface area contributed by atoms with E-state index in [2.05, 4.69) is 6.92 Å². The zero-order valence-corrected chi connectivity index (χ0v) is 12.8. The molecule has 1 rings (SSSR count). The second kappa shape index (κ2) is 9.50. The molecule has 0 aliphatic rings. The Morgan fingerprint density at radius 3 is 2.10 bits per heavy atom. The molecular weight excluding hydrogens is 278 g/mol. The molecule has 0 saturated heterocycles. The number of unbranched alkanes of at least 4 members (excludes halogenated alkanes) is 3. The van der Waals surface area contributed by atoms with Crippen molar-refractivity contribution in [2.75, 3.05) is 0 Å². The van der Waals surface area contributed by atoms with Crippen LogP contribution in [-0.2, 0) is 14.9 Å². The molecule has 1 aromatic rings. The predicted octanol–water partition coefficient (Wildman–Crippen LogP) is 2.68. The van der Waals surface area contributed by atoms with E-state index in [-0.39, 0.29) is 10.8 Å². The fourth-order valence-corrected chi connectivity index (χ4v) is 1.92. The number of hydrogen-bond acceptors (Lipinski definition) is 3. The van der Waals surface area contributed by atoms with Crippen molar-refractivity contribution in [1.29, 1.82) is 0 Å². The summed E-state index contributed by atoms with van der Waals surface area (Å²) in [6.45, 7) is 3.98. The summed E-state index contributed by atoms with van der Waals surface area (Å²) in [5.74, 6) is -0.175. The van der Waals surface area contributed by atoms with Gasteiger partial charge in [0.2, 0.25) is 5.91 Å². The minimum atomic E-state index is -4.02. The summed E-state index contributed by atoms with van der Waals surface area (Å²) in [5.41, 5.74) is 5.89. The molecule has 0 fully saturated rings. The molecule has 5 nitrogen and oxygen atoms in total. The van der Waals surface area contributed by atoms with E-state index < -0.39 is 10.1 Å². The molecule has 1 amide bonds. The van der Waals surface area contributed by atoms with Gasteiger partial charge < -0.3 is 5.73 Å². The maximum atomic E-state index is 10.5. The van der Waals surface area contributed by atoms with E-state index in [1.54, 1.807) is 12.1 Å². The zero-order chi connectivity index (χ0) is 15.6. The molecule has 0 aliphatic carbocycles. The number of benzene rings is 1. The Kier molecular flexibility index (Phi) is 8.83. The smallest absolute Gasteiger partial charge is 0.294 e. The van der Waals surface area contributed by atoms with Crippen LogP contribution in [0.3, 0.4) is 0 Å². The molecule has 0 heterocycles. The Bertz CT molecular complexity index is 494. The van der Waals surface area contributed by atoms with Crippen LogP contribution in [0.25, 0.3) is 0 Å². The third kappa shape index (κ3) is 9.52. The second-order valence-corrected chi connectivity index (χ2v) is 5.99. The highest BCUT2D eigenvalue weighted by molar-refractivity contribution is 7.85. The van der Waals surface area contributed by atoms with E-state index >= 15 is 0 Å². The topological polar surface area (TPSA) is 97.5 Å². The molecule has 0 saturated carbocycles. The standard InChI is InChI=1S/C7H15NO.C7H8O3S/c1-2-3-4-5-6-7(8)9;1-6-2-4-7(5-3-6)11(8,9)10/h2-6H2,1H3,(H2,8,9);2-5H,1H3,(H,8,9,10). The van der Waals surface area contributed by atoms with Crippen molar-refractivity contribution in [3.05, 3.63) is 29.8 Å². The number of rotatable bonds is 6. The van der Waals surface area contributed by atoms with Crippen LogP contribution < -0.4 is 5.73 Å². The van der Waals surface area contributed by atoms with Crippen molar-refractivity contribution in [3.63, 3.8) is 0 Å². The molecule has 0 unspecified atom stereocenters. The van der Waals surface area contributed by atoms with E-state index in [9.17, 15) is 13.2 Å². The lowest BCUT2D eigenvalue weighted by molar-refractivity contribution is -0.118. The Morgan fingerprint density at radius 1 is 1.15 bits per heavy atom. The summed E-state index contributed by atoms with van der Waals surface area (Å²) in [6, 6.07) is 5.99. The first-order valence-electron chi connectivity index (χ1n) is 6.59. The molecule has 0 aromatic heterocycles. The van der Waals surface area contributed by atoms with Crippen molar-refractivity contribution in [2.24, 2.45) is 5.73 Å². The van der Waals surface area contributed by atoms with Crippen LogP contribution in [0, 0.1) is 6.92 Å². The monoisotopic (exact) mass is 301 g/mol. The first kappa shape index (κ1) is 18.6. The van der Waals surface area contributed by atoms with Gasteiger partial charge >= 0.3 is 0 Å². The Morgan fingerprint density at radius 2 is 1.70 bits per heavy atom. The molecule has 0 bridgehead atoms. The van der Waals surface area contributed by atoms with Crippen molar-refractivity contribution in [1.82, 2.24) is 0 Å². The van der Waals surface area contributed by atoms with E-state index in [0.29, 0.717) is 6.42 Å². The first-order chi connectivity index (χ1) is 9.27. The fraction of sp³-hybridized carbons (Fsp3) is 0.500. The third-order valence-corrected chi connectivity index (χ3v) is 3.46. The number of aryl methyl sites for hydroxylation is 1. The highest BCUT2D eigenvalue weighted by Gasteiger charge is 2.06.